The molecule has 0 bridgehead atoms. The van der Waals surface area contributed by atoms with Gasteiger partial charge in [0.2, 0.25) is 5.88 Å². The van der Waals surface area contributed by atoms with Gasteiger partial charge in [-0.05, 0) is 42.7 Å². The van der Waals surface area contributed by atoms with Crippen LogP contribution in [-0.2, 0) is 27.1 Å². The van der Waals surface area contributed by atoms with Crippen molar-refractivity contribution in [3.63, 3.8) is 0 Å². The van der Waals surface area contributed by atoms with Crippen LogP contribution in [0.15, 0.2) is 71.8 Å². The van der Waals surface area contributed by atoms with Gasteiger partial charge in [0, 0.05) is 18.2 Å². The SMILES string of the molecule is Cc1ccc(S(=O)(=O)OCC2Cc3cc(Cc4ccccc4)cnc3O2)cc1. The lowest BCUT2D eigenvalue weighted by Gasteiger charge is -2.11. The number of pyridine rings is 1. The molecule has 0 radical (unpaired) electrons. The van der Waals surface area contributed by atoms with E-state index in [9.17, 15) is 8.42 Å². The molecule has 4 rings (SSSR count). The molecule has 2 heterocycles. The molecule has 1 unspecified atom stereocenters. The fourth-order valence-electron chi connectivity index (χ4n) is 3.20. The second kappa shape index (κ2) is 7.73. The van der Waals surface area contributed by atoms with Gasteiger partial charge in [-0.15, -0.1) is 0 Å². The molecule has 144 valence electrons. The van der Waals surface area contributed by atoms with Gasteiger partial charge in [-0.1, -0.05) is 48.0 Å². The summed E-state index contributed by atoms with van der Waals surface area (Å²) in [6.45, 7) is 1.86. The number of nitrogens with zero attached hydrogens (tertiary/aromatic N) is 1. The van der Waals surface area contributed by atoms with Crippen LogP contribution in [0.3, 0.4) is 0 Å². The van der Waals surface area contributed by atoms with Crippen molar-refractivity contribution in [1.82, 2.24) is 4.98 Å². The third-order valence-electron chi connectivity index (χ3n) is 4.68. The normalized spacial score (nSPS) is 15.8. The lowest BCUT2D eigenvalue weighted by molar-refractivity contribution is 0.148. The molecule has 1 aliphatic heterocycles. The molecule has 0 amide bonds. The van der Waals surface area contributed by atoms with E-state index in [-0.39, 0.29) is 17.6 Å². The molecule has 0 fully saturated rings. The van der Waals surface area contributed by atoms with Gasteiger partial charge in [-0.25, -0.2) is 4.98 Å². The lowest BCUT2D eigenvalue weighted by atomic mass is 10.0. The maximum absolute atomic E-state index is 12.3. The molecule has 1 aliphatic rings. The van der Waals surface area contributed by atoms with Gasteiger partial charge < -0.3 is 4.74 Å². The molecule has 1 atom stereocenters. The van der Waals surface area contributed by atoms with Crippen LogP contribution in [-0.4, -0.2) is 26.1 Å². The van der Waals surface area contributed by atoms with Gasteiger partial charge in [0.1, 0.15) is 12.7 Å². The monoisotopic (exact) mass is 395 g/mol. The van der Waals surface area contributed by atoms with Crippen LogP contribution in [0.25, 0.3) is 0 Å². The first-order chi connectivity index (χ1) is 13.5. The zero-order valence-corrected chi connectivity index (χ0v) is 16.4. The van der Waals surface area contributed by atoms with Crippen LogP contribution in [0.2, 0.25) is 0 Å². The Morgan fingerprint density at radius 2 is 1.82 bits per heavy atom. The molecule has 3 aromatic rings. The molecule has 0 spiro atoms. The molecule has 0 aliphatic carbocycles. The first-order valence-electron chi connectivity index (χ1n) is 9.14. The number of aromatic nitrogens is 1. The average Bonchev–Trinajstić information content (AvgIpc) is 3.10. The molecular formula is C22H21NO4S. The summed E-state index contributed by atoms with van der Waals surface area (Å²) in [5.41, 5.74) is 4.29. The Kier molecular flexibility index (Phi) is 5.15. The van der Waals surface area contributed by atoms with Crippen molar-refractivity contribution in [3.8, 4) is 5.88 Å². The van der Waals surface area contributed by atoms with Crippen molar-refractivity contribution in [2.24, 2.45) is 0 Å². The van der Waals surface area contributed by atoms with Crippen LogP contribution in [0.5, 0.6) is 5.88 Å². The topological polar surface area (TPSA) is 65.5 Å². The van der Waals surface area contributed by atoms with Crippen LogP contribution in [0.1, 0.15) is 22.3 Å². The van der Waals surface area contributed by atoms with E-state index in [0.717, 1.165) is 23.1 Å². The molecule has 28 heavy (non-hydrogen) atoms. The van der Waals surface area contributed by atoms with Crippen LogP contribution >= 0.6 is 0 Å². The average molecular weight is 395 g/mol. The highest BCUT2D eigenvalue weighted by Gasteiger charge is 2.27. The van der Waals surface area contributed by atoms with E-state index < -0.39 is 10.1 Å². The summed E-state index contributed by atoms with van der Waals surface area (Å²) in [5, 5.41) is 0. The second-order valence-electron chi connectivity index (χ2n) is 6.97. The van der Waals surface area contributed by atoms with Crippen molar-refractivity contribution in [3.05, 3.63) is 89.1 Å². The number of hydrogen-bond acceptors (Lipinski definition) is 5. The Labute approximate surface area is 165 Å². The molecule has 2 aromatic carbocycles. The Bertz CT molecular complexity index is 1060. The van der Waals surface area contributed by atoms with Crippen molar-refractivity contribution in [1.29, 1.82) is 0 Å². The highest BCUT2D eigenvalue weighted by atomic mass is 32.2. The highest BCUT2D eigenvalue weighted by Crippen LogP contribution is 2.28. The fraction of sp³-hybridized carbons (Fsp3) is 0.227. The number of benzene rings is 2. The summed E-state index contributed by atoms with van der Waals surface area (Å²) >= 11 is 0. The number of rotatable bonds is 6. The van der Waals surface area contributed by atoms with Gasteiger partial charge in [-0.3, -0.25) is 4.18 Å². The zero-order valence-electron chi connectivity index (χ0n) is 15.5. The minimum Gasteiger partial charge on any atom is -0.471 e. The first kappa shape index (κ1) is 18.7. The summed E-state index contributed by atoms with van der Waals surface area (Å²) in [6, 6.07) is 18.8. The molecule has 0 saturated carbocycles. The number of aryl methyl sites for hydroxylation is 1. The highest BCUT2D eigenvalue weighted by molar-refractivity contribution is 7.86. The standard InChI is InChI=1S/C22H21NO4S/c1-16-7-9-21(10-8-16)28(24,25)26-15-20-13-19-12-18(14-23-22(19)27-20)11-17-5-3-2-4-6-17/h2-10,12,14,20H,11,13,15H2,1H3. The van der Waals surface area contributed by atoms with Crippen molar-refractivity contribution in [2.75, 3.05) is 6.61 Å². The molecule has 0 N–H and O–H groups in total. The maximum atomic E-state index is 12.3. The van der Waals surface area contributed by atoms with E-state index in [1.54, 1.807) is 30.5 Å². The zero-order chi connectivity index (χ0) is 19.6. The number of fused-ring (bicyclic) bond motifs is 1. The molecular weight excluding hydrogens is 374 g/mol. The van der Waals surface area contributed by atoms with Gasteiger partial charge in [-0.2, -0.15) is 8.42 Å². The van der Waals surface area contributed by atoms with Crippen molar-refractivity contribution in [2.45, 2.75) is 30.8 Å². The molecule has 0 saturated heterocycles. The molecule has 6 heteroatoms. The fourth-order valence-corrected chi connectivity index (χ4v) is 4.14. The summed E-state index contributed by atoms with van der Waals surface area (Å²) < 4.78 is 35.7. The van der Waals surface area contributed by atoms with Gasteiger partial charge in [0.05, 0.1) is 4.90 Å². The smallest absolute Gasteiger partial charge is 0.297 e. The van der Waals surface area contributed by atoms with E-state index >= 15 is 0 Å². The Morgan fingerprint density at radius 3 is 2.57 bits per heavy atom. The van der Waals surface area contributed by atoms with E-state index in [2.05, 4.69) is 23.2 Å². The molecule has 5 nitrogen and oxygen atoms in total. The number of ether oxygens (including phenoxy) is 1. The molecule has 1 aromatic heterocycles. The van der Waals surface area contributed by atoms with E-state index in [1.807, 2.05) is 25.1 Å². The first-order valence-corrected chi connectivity index (χ1v) is 10.5. The van der Waals surface area contributed by atoms with E-state index in [4.69, 9.17) is 8.92 Å². The van der Waals surface area contributed by atoms with Crippen LogP contribution in [0, 0.1) is 6.92 Å². The van der Waals surface area contributed by atoms with Gasteiger partial charge in [0.15, 0.2) is 0 Å². The minimum absolute atomic E-state index is 0.0411. The van der Waals surface area contributed by atoms with Crippen molar-refractivity contribution >= 4 is 10.1 Å². The summed E-state index contributed by atoms with van der Waals surface area (Å²) in [4.78, 5) is 4.54. The third-order valence-corrected chi connectivity index (χ3v) is 5.97. The Hall–Kier alpha value is -2.70. The second-order valence-corrected chi connectivity index (χ2v) is 8.58. The van der Waals surface area contributed by atoms with Crippen LogP contribution in [0.4, 0.5) is 0 Å². The number of hydrogen-bond donors (Lipinski definition) is 0. The summed E-state index contributed by atoms with van der Waals surface area (Å²) in [5.74, 6) is 0.554. The maximum Gasteiger partial charge on any atom is 0.297 e. The summed E-state index contributed by atoms with van der Waals surface area (Å²) in [7, 11) is -3.80. The van der Waals surface area contributed by atoms with Gasteiger partial charge in [0.25, 0.3) is 10.1 Å². The lowest BCUT2D eigenvalue weighted by Crippen LogP contribution is -2.23. The summed E-state index contributed by atoms with van der Waals surface area (Å²) in [6.07, 6.45) is 2.81. The predicted octanol–water partition coefficient (Wildman–Crippen LogP) is 3.69. The predicted molar refractivity (Wildman–Crippen MR) is 106 cm³/mol. The quantitative estimate of drug-likeness (QED) is 0.596. The minimum atomic E-state index is -3.80. The Balaban J connectivity index is 1.39. The van der Waals surface area contributed by atoms with E-state index in [0.29, 0.717) is 12.3 Å². The Morgan fingerprint density at radius 1 is 1.07 bits per heavy atom. The van der Waals surface area contributed by atoms with Gasteiger partial charge >= 0.3 is 0 Å². The van der Waals surface area contributed by atoms with Crippen LogP contribution < -0.4 is 4.74 Å². The largest absolute Gasteiger partial charge is 0.471 e. The third kappa shape index (κ3) is 4.24. The van der Waals surface area contributed by atoms with Crippen molar-refractivity contribution < 1.29 is 17.3 Å². The van der Waals surface area contributed by atoms with E-state index in [1.165, 1.54) is 5.56 Å².